The summed E-state index contributed by atoms with van der Waals surface area (Å²) in [5.74, 6) is -0.156. The van der Waals surface area contributed by atoms with Crippen molar-refractivity contribution in [2.75, 3.05) is 9.80 Å². The van der Waals surface area contributed by atoms with E-state index in [9.17, 15) is 9.59 Å². The number of nitrogens with zero attached hydrogens (tertiary/aromatic N) is 6. The highest BCUT2D eigenvalue weighted by Crippen LogP contribution is 2.32. The Morgan fingerprint density at radius 2 is 1.70 bits per heavy atom. The van der Waals surface area contributed by atoms with E-state index in [0.717, 1.165) is 39.2 Å². The van der Waals surface area contributed by atoms with Crippen LogP contribution in [0, 0.1) is 19.3 Å². The average Bonchev–Trinajstić information content (AvgIpc) is 3.59. The monoisotopic (exact) mass is 688 g/mol. The predicted octanol–water partition coefficient (Wildman–Crippen LogP) is 8.02. The van der Waals surface area contributed by atoms with Gasteiger partial charge in [0.1, 0.15) is 23.3 Å². The normalized spacial score (nSPS) is 11.9. The van der Waals surface area contributed by atoms with Crippen LogP contribution in [0.2, 0.25) is 5.02 Å². The van der Waals surface area contributed by atoms with Crippen LogP contribution in [0.5, 0.6) is 0 Å². The molecule has 1 unspecified atom stereocenters. The number of rotatable bonds is 8. The molecule has 0 bridgehead atoms. The molecule has 0 saturated carbocycles. The van der Waals surface area contributed by atoms with Crippen LogP contribution in [0.1, 0.15) is 51.4 Å². The Kier molecular flexibility index (Phi) is 12.0. The largest absolute Gasteiger partial charge is 0.292 e. The van der Waals surface area contributed by atoms with E-state index in [1.807, 2.05) is 95.4 Å². The molecule has 4 rings (SSSR count). The summed E-state index contributed by atoms with van der Waals surface area (Å²) in [6, 6.07) is 17.1. The van der Waals surface area contributed by atoms with Gasteiger partial charge in [0, 0.05) is 35.7 Å². The highest BCUT2D eigenvalue weighted by Gasteiger charge is 2.33. The molecule has 2 aromatic carbocycles. The highest BCUT2D eigenvalue weighted by molar-refractivity contribution is 9.10. The molecule has 2 amide bonds. The lowest BCUT2D eigenvalue weighted by molar-refractivity contribution is -0.120. The smallest absolute Gasteiger partial charge is 0.247 e. The third-order valence-corrected chi connectivity index (χ3v) is 8.50. The summed E-state index contributed by atoms with van der Waals surface area (Å²) < 4.78 is 4.26. The second kappa shape index (κ2) is 15.0. The molecule has 0 fully saturated rings. The number of para-hydroxylation sites is 1. The number of carbonyl (C=O) groups is 2. The van der Waals surface area contributed by atoms with Crippen molar-refractivity contribution in [2.45, 2.75) is 73.6 Å². The maximum Gasteiger partial charge on any atom is 0.247 e. The first-order valence-corrected chi connectivity index (χ1v) is 15.6. The summed E-state index contributed by atoms with van der Waals surface area (Å²) >= 11 is 16.0. The maximum absolute atomic E-state index is 12.8. The van der Waals surface area contributed by atoms with Crippen LogP contribution >= 0.6 is 39.1 Å². The first-order chi connectivity index (χ1) is 20.2. The molecule has 8 nitrogen and oxygen atoms in total. The minimum absolute atomic E-state index is 0.0360. The number of aromatic nitrogens is 4. The Morgan fingerprint density at radius 3 is 2.21 bits per heavy atom. The number of aryl methyl sites for hydroxylation is 2. The third kappa shape index (κ3) is 8.94. The van der Waals surface area contributed by atoms with Crippen molar-refractivity contribution in [3.05, 3.63) is 93.4 Å². The molecule has 43 heavy (non-hydrogen) atoms. The van der Waals surface area contributed by atoms with Gasteiger partial charge >= 0.3 is 0 Å². The average molecular weight is 691 g/mol. The van der Waals surface area contributed by atoms with Crippen LogP contribution in [0.3, 0.4) is 0 Å². The van der Waals surface area contributed by atoms with Gasteiger partial charge in [-0.3, -0.25) is 24.1 Å². The first kappa shape index (κ1) is 34.4. The van der Waals surface area contributed by atoms with Gasteiger partial charge in [-0.25, -0.2) is 4.68 Å². The Labute approximate surface area is 272 Å². The lowest BCUT2D eigenvalue weighted by Gasteiger charge is -2.30. The lowest BCUT2D eigenvalue weighted by Crippen LogP contribution is -2.43. The molecule has 0 radical (unpaired) electrons. The zero-order chi connectivity index (χ0) is 31.9. The number of halogens is 3. The Hall–Kier alpha value is -3.14. The van der Waals surface area contributed by atoms with Crippen LogP contribution in [0.4, 0.5) is 11.4 Å². The molecule has 2 aromatic heterocycles. The van der Waals surface area contributed by atoms with E-state index in [1.165, 1.54) is 0 Å². The van der Waals surface area contributed by atoms with Crippen molar-refractivity contribution < 1.29 is 9.59 Å². The molecular weight excluding hydrogens is 651 g/mol. The summed E-state index contributed by atoms with van der Waals surface area (Å²) in [4.78, 5) is 28.4. The molecule has 0 saturated heterocycles. The maximum atomic E-state index is 12.8. The van der Waals surface area contributed by atoms with E-state index >= 15 is 0 Å². The van der Waals surface area contributed by atoms with Gasteiger partial charge in [-0.15, -0.1) is 11.6 Å². The van der Waals surface area contributed by atoms with Crippen LogP contribution in [-0.4, -0.2) is 36.8 Å². The fraction of sp³-hybridized carbons (Fsp3) is 0.375. The molecule has 4 aromatic rings. The second-order valence-electron chi connectivity index (χ2n) is 11.2. The summed E-state index contributed by atoms with van der Waals surface area (Å²) in [5.41, 5.74) is 4.38. The Bertz CT molecular complexity index is 1520. The Morgan fingerprint density at radius 1 is 1.02 bits per heavy atom. The van der Waals surface area contributed by atoms with Crippen molar-refractivity contribution in [1.29, 1.82) is 0 Å². The van der Waals surface area contributed by atoms with Crippen molar-refractivity contribution in [1.82, 2.24) is 19.6 Å². The quantitative estimate of drug-likeness (QED) is 0.176. The fourth-order valence-corrected chi connectivity index (χ4v) is 5.18. The van der Waals surface area contributed by atoms with Crippen molar-refractivity contribution >= 4 is 62.3 Å². The topological polar surface area (TPSA) is 76.3 Å². The minimum atomic E-state index is -0.603. The Balaban J connectivity index is 0.000000236. The molecule has 1 atom stereocenters. The van der Waals surface area contributed by atoms with Crippen molar-refractivity contribution in [2.24, 2.45) is 5.41 Å². The molecule has 0 aliphatic rings. The van der Waals surface area contributed by atoms with Gasteiger partial charge in [0.2, 0.25) is 11.8 Å². The van der Waals surface area contributed by atoms with E-state index in [-0.39, 0.29) is 17.2 Å². The van der Waals surface area contributed by atoms with Gasteiger partial charge in [0.05, 0.1) is 5.69 Å². The van der Waals surface area contributed by atoms with Crippen molar-refractivity contribution in [3.63, 3.8) is 0 Å². The van der Waals surface area contributed by atoms with E-state index in [1.54, 1.807) is 32.3 Å². The SMILES string of the molecule is CC(C)(C)C(Cl)C(=O)N(Cn1cccn1)c1ccccc1.CCc1ccc(Cl)c(C)c1N(Cn1nc(Br)cc1C)C(C)=O. The summed E-state index contributed by atoms with van der Waals surface area (Å²) in [5, 5.41) is 8.60. The zero-order valence-corrected chi connectivity index (χ0v) is 28.8. The highest BCUT2D eigenvalue weighted by atomic mass is 79.9. The minimum Gasteiger partial charge on any atom is -0.292 e. The first-order valence-electron chi connectivity index (χ1n) is 14.0. The van der Waals surface area contributed by atoms with Crippen molar-refractivity contribution in [3.8, 4) is 0 Å². The predicted molar refractivity (Wildman–Crippen MR) is 179 cm³/mol. The molecule has 0 aliphatic carbocycles. The number of alkyl halides is 1. The third-order valence-electron chi connectivity index (χ3n) is 6.86. The number of hydrogen-bond donors (Lipinski definition) is 0. The van der Waals surface area contributed by atoms with Crippen LogP contribution in [0.15, 0.2) is 71.6 Å². The standard InChI is InChI=1S/C16H19BrClN3O.C16H20ClN3O/c1-5-13-6-7-14(18)11(3)16(13)20(12(4)22)9-21-10(2)8-15(17)19-21;1-16(2,3)14(17)15(21)20(12-19-11-7-10-18-19)13-8-5-4-6-9-13/h6-8H,5,9H2,1-4H3;4-11,14H,12H2,1-3H3. The lowest BCUT2D eigenvalue weighted by atomic mass is 9.91. The number of benzene rings is 2. The van der Waals surface area contributed by atoms with Gasteiger partial charge in [0.25, 0.3) is 0 Å². The number of hydrogen-bond acceptors (Lipinski definition) is 4. The van der Waals surface area contributed by atoms with E-state index in [0.29, 0.717) is 18.4 Å². The molecule has 0 aliphatic heterocycles. The molecule has 2 heterocycles. The second-order valence-corrected chi connectivity index (χ2v) is 12.9. The number of amides is 2. The summed E-state index contributed by atoms with van der Waals surface area (Å²) in [6.07, 6.45) is 4.35. The number of anilines is 2. The number of carbonyl (C=O) groups excluding carboxylic acids is 2. The van der Waals surface area contributed by atoms with Crippen LogP contribution in [0.25, 0.3) is 0 Å². The van der Waals surface area contributed by atoms with Crippen LogP contribution < -0.4 is 9.80 Å². The molecule has 230 valence electrons. The molecule has 11 heteroatoms. The summed E-state index contributed by atoms with van der Waals surface area (Å²) in [7, 11) is 0. The summed E-state index contributed by atoms with van der Waals surface area (Å²) in [6.45, 7) is 14.1. The van der Waals surface area contributed by atoms with Crippen LogP contribution in [-0.2, 0) is 29.3 Å². The van der Waals surface area contributed by atoms with Gasteiger partial charge in [-0.2, -0.15) is 10.2 Å². The van der Waals surface area contributed by atoms with Gasteiger partial charge in [-0.05, 0) is 83.1 Å². The van der Waals surface area contributed by atoms with E-state index in [2.05, 4.69) is 33.1 Å². The van der Waals surface area contributed by atoms with Gasteiger partial charge < -0.3 is 0 Å². The van der Waals surface area contributed by atoms with Gasteiger partial charge in [0.15, 0.2) is 0 Å². The van der Waals surface area contributed by atoms with E-state index in [4.69, 9.17) is 23.2 Å². The van der Waals surface area contributed by atoms with Gasteiger partial charge in [-0.1, -0.05) is 63.6 Å². The molecule has 0 N–H and O–H groups in total. The van der Waals surface area contributed by atoms with E-state index < -0.39 is 5.38 Å². The fourth-order valence-electron chi connectivity index (χ4n) is 4.39. The molecule has 0 spiro atoms. The zero-order valence-electron chi connectivity index (χ0n) is 25.7. The molecular formula is C32H39BrCl2N6O2.